The van der Waals surface area contributed by atoms with E-state index in [0.29, 0.717) is 0 Å². The number of hydroxylamine groups is 2. The molecule has 2 aliphatic rings. The first-order chi connectivity index (χ1) is 11.5. The van der Waals surface area contributed by atoms with E-state index in [1.807, 2.05) is 4.84 Å². The van der Waals surface area contributed by atoms with Crippen molar-refractivity contribution in [2.45, 2.75) is 13.3 Å². The van der Waals surface area contributed by atoms with Crippen LogP contribution in [-0.4, -0.2) is 31.9 Å². The van der Waals surface area contributed by atoms with Crippen molar-refractivity contribution < 1.29 is 14.4 Å². The molecule has 5 nitrogen and oxygen atoms in total. The van der Waals surface area contributed by atoms with Crippen LogP contribution in [0.2, 0.25) is 0 Å². The van der Waals surface area contributed by atoms with Crippen LogP contribution >= 0.6 is 11.8 Å². The molecule has 0 saturated heterocycles. The summed E-state index contributed by atoms with van der Waals surface area (Å²) < 4.78 is 5.70. The normalized spacial score (nSPS) is 10.3. The molecule has 1 N–H and O–H groups in total. The fraction of sp³-hybridized carbons (Fsp3) is 0.278. The Bertz CT molecular complexity index is 778. The summed E-state index contributed by atoms with van der Waals surface area (Å²) in [6.07, 6.45) is 0.976. The van der Waals surface area contributed by atoms with Gasteiger partial charge in [0, 0.05) is 30.5 Å². The Morgan fingerprint density at radius 2 is 1.92 bits per heavy atom. The van der Waals surface area contributed by atoms with Crippen molar-refractivity contribution in [3.05, 3.63) is 64.0 Å². The zero-order valence-corrected chi connectivity index (χ0v) is 14.8. The number of nitrogens with zero attached hydrogens (tertiary/aromatic N) is 1. The van der Waals surface area contributed by atoms with E-state index < -0.39 is 6.03 Å². The van der Waals surface area contributed by atoms with Crippen molar-refractivity contribution in [1.29, 1.82) is 0 Å². The van der Waals surface area contributed by atoms with Crippen molar-refractivity contribution >= 4 is 17.8 Å². The summed E-state index contributed by atoms with van der Waals surface area (Å²) in [6, 6.07) is 14.5. The number of hydrogen-bond acceptors (Lipinski definition) is 3. The number of rotatable bonds is 5. The Balaban J connectivity index is 0.000000224. The Labute approximate surface area is 146 Å². The maximum Gasteiger partial charge on any atom is 0.355 e. The fourth-order valence-corrected chi connectivity index (χ4v) is 2.17. The quantitative estimate of drug-likeness (QED) is 0.566. The highest BCUT2D eigenvalue weighted by Gasteiger charge is 2.06. The second-order valence-corrected chi connectivity index (χ2v) is 5.56. The molecule has 2 aliphatic carbocycles. The van der Waals surface area contributed by atoms with Gasteiger partial charge in [0.15, 0.2) is 0 Å². The van der Waals surface area contributed by atoms with E-state index >= 15 is 0 Å². The summed E-state index contributed by atoms with van der Waals surface area (Å²) in [4.78, 5) is 16.6. The first-order valence-electron chi connectivity index (χ1n) is 7.56. The van der Waals surface area contributed by atoms with Gasteiger partial charge in [0.1, 0.15) is 5.75 Å². The highest BCUT2D eigenvalue weighted by atomic mass is 35.5. The molecule has 3 rings (SSSR count). The molecule has 0 aliphatic heterocycles. The van der Waals surface area contributed by atoms with Gasteiger partial charge in [0.2, 0.25) is 0 Å². The van der Waals surface area contributed by atoms with Crippen molar-refractivity contribution in [3.63, 3.8) is 0 Å². The number of aryl methyl sites for hydroxylation is 1. The molecular weight excluding hydrogens is 328 g/mol. The van der Waals surface area contributed by atoms with Crippen LogP contribution in [0.5, 0.6) is 5.75 Å². The predicted octanol–water partition coefficient (Wildman–Crippen LogP) is 3.56. The molecule has 0 bridgehead atoms. The second-order valence-electron chi connectivity index (χ2n) is 5.37. The van der Waals surface area contributed by atoms with Gasteiger partial charge in [0.05, 0.1) is 13.7 Å². The first kappa shape index (κ1) is 18.1. The first-order valence-corrected chi connectivity index (χ1v) is 7.94. The van der Waals surface area contributed by atoms with Crippen molar-refractivity contribution in [2.24, 2.45) is 0 Å². The van der Waals surface area contributed by atoms with Gasteiger partial charge < -0.3 is 4.74 Å². The van der Waals surface area contributed by atoms with E-state index in [1.54, 1.807) is 0 Å². The third-order valence-electron chi connectivity index (χ3n) is 3.70. The molecule has 0 fully saturated rings. The minimum Gasteiger partial charge on any atom is -0.493 e. The fourth-order valence-electron chi connectivity index (χ4n) is 2.05. The van der Waals surface area contributed by atoms with E-state index in [1.165, 1.54) is 35.7 Å². The predicted molar refractivity (Wildman–Crippen MR) is 93.6 cm³/mol. The molecule has 0 radical (unpaired) electrons. The number of nitrogens with one attached hydrogen (secondary N) is 1. The molecule has 1 aromatic carbocycles. The minimum atomic E-state index is -0.492. The average Bonchev–Trinajstić information content (AvgIpc) is 2.59. The lowest BCUT2D eigenvalue weighted by Gasteiger charge is -2.12. The van der Waals surface area contributed by atoms with Gasteiger partial charge in [-0.2, -0.15) is 0 Å². The van der Waals surface area contributed by atoms with E-state index in [0.717, 1.165) is 23.8 Å². The maximum absolute atomic E-state index is 10.3. The second kappa shape index (κ2) is 8.57. The lowest BCUT2D eigenvalue weighted by Crippen LogP contribution is -2.31. The summed E-state index contributed by atoms with van der Waals surface area (Å²) in [5.41, 5.74) is 2.64. The number of urea groups is 1. The van der Waals surface area contributed by atoms with Gasteiger partial charge in [-0.25, -0.2) is 14.7 Å². The zero-order chi connectivity index (χ0) is 17.5. The van der Waals surface area contributed by atoms with E-state index in [4.69, 9.17) is 16.5 Å². The molecule has 0 atom stereocenters. The van der Waals surface area contributed by atoms with Gasteiger partial charge in [-0.1, -0.05) is 42.0 Å². The van der Waals surface area contributed by atoms with Gasteiger partial charge in [-0.3, -0.25) is 4.84 Å². The van der Waals surface area contributed by atoms with Crippen LogP contribution in [0.15, 0.2) is 42.5 Å². The summed E-state index contributed by atoms with van der Waals surface area (Å²) >= 11 is 4.90. The van der Waals surface area contributed by atoms with Gasteiger partial charge in [0.25, 0.3) is 0 Å². The molecule has 6 heteroatoms. The third kappa shape index (κ3) is 4.63. The molecule has 0 heterocycles. The molecule has 0 saturated carbocycles. The number of ether oxygens (including phenoxy) is 1. The third-order valence-corrected chi connectivity index (χ3v) is 3.86. The van der Waals surface area contributed by atoms with Crippen LogP contribution in [-0.2, 0) is 11.3 Å². The maximum atomic E-state index is 10.3. The molecule has 2 amide bonds. The standard InChI is InChI=1S/C15H14O.C3H7ClN2O2/c1-11-2-4-12(5-3-11)8-9-16-15-10-13-6-7-14(13)15;1-6(8-2)3(7)5-4/h2-7,10H,8-9H2,1H3;1-2H3,(H,5,7). The summed E-state index contributed by atoms with van der Waals surface area (Å²) in [6.45, 7) is 2.87. The average molecular weight is 349 g/mol. The SMILES string of the molecule is CON(C)C(=O)NCl.Cc1ccc(CCOc2cc3ccc2=3)cc1. The van der Waals surface area contributed by atoms with Crippen molar-refractivity contribution in [3.8, 4) is 5.75 Å². The van der Waals surface area contributed by atoms with Crippen LogP contribution in [0, 0.1) is 17.4 Å². The largest absolute Gasteiger partial charge is 0.493 e. The van der Waals surface area contributed by atoms with Crippen LogP contribution in [0.1, 0.15) is 11.1 Å². The molecule has 0 unspecified atom stereocenters. The summed E-state index contributed by atoms with van der Waals surface area (Å²) in [5, 5.41) is 3.60. The molecule has 24 heavy (non-hydrogen) atoms. The summed E-state index contributed by atoms with van der Waals surface area (Å²) in [5.74, 6) is 1.06. The van der Waals surface area contributed by atoms with Gasteiger partial charge >= 0.3 is 6.03 Å². The van der Waals surface area contributed by atoms with Crippen molar-refractivity contribution in [1.82, 2.24) is 9.90 Å². The number of hydrogen-bond donors (Lipinski definition) is 1. The Morgan fingerprint density at radius 1 is 1.21 bits per heavy atom. The van der Waals surface area contributed by atoms with Crippen LogP contribution < -0.4 is 9.57 Å². The van der Waals surface area contributed by atoms with Crippen LogP contribution in [0.4, 0.5) is 4.79 Å². The highest BCUT2D eigenvalue weighted by molar-refractivity contribution is 6.20. The van der Waals surface area contributed by atoms with Crippen LogP contribution in [0.25, 0.3) is 0 Å². The number of carbonyl (C=O) groups is 1. The Morgan fingerprint density at radius 3 is 2.33 bits per heavy atom. The van der Waals surface area contributed by atoms with E-state index in [9.17, 15) is 4.79 Å². The molecule has 128 valence electrons. The van der Waals surface area contributed by atoms with Crippen molar-refractivity contribution in [2.75, 3.05) is 20.8 Å². The lowest BCUT2D eigenvalue weighted by molar-refractivity contribution is -0.0629. The summed E-state index contributed by atoms with van der Waals surface area (Å²) in [7, 11) is 2.81. The van der Waals surface area contributed by atoms with E-state index in [2.05, 4.69) is 54.2 Å². The molecule has 0 spiro atoms. The number of amides is 2. The minimum absolute atomic E-state index is 0.492. The van der Waals surface area contributed by atoms with Gasteiger partial charge in [-0.05, 0) is 23.8 Å². The van der Waals surface area contributed by atoms with Gasteiger partial charge in [-0.15, -0.1) is 0 Å². The number of carbonyl (C=O) groups excluding carboxylic acids is 1. The Kier molecular flexibility index (Phi) is 6.46. The zero-order valence-electron chi connectivity index (χ0n) is 14.0. The highest BCUT2D eigenvalue weighted by Crippen LogP contribution is 2.23. The lowest BCUT2D eigenvalue weighted by atomic mass is 10.1. The smallest absolute Gasteiger partial charge is 0.355 e. The molecular formula is C18H21ClN2O3. The Hall–Kier alpha value is -2.24. The topological polar surface area (TPSA) is 50.8 Å². The van der Waals surface area contributed by atoms with E-state index in [-0.39, 0.29) is 0 Å². The van der Waals surface area contributed by atoms with Crippen LogP contribution in [0.3, 0.4) is 0 Å². The molecule has 0 aromatic heterocycles. The molecule has 1 aromatic rings. The number of benzene rings is 2. The number of halogens is 1. The monoisotopic (exact) mass is 348 g/mol.